The van der Waals surface area contributed by atoms with Crippen LogP contribution in [0.15, 0.2) is 188 Å². The Morgan fingerprint density at radius 1 is 0.429 bits per heavy atom. The first-order valence-corrected chi connectivity index (χ1v) is 18.8. The van der Waals surface area contributed by atoms with Gasteiger partial charge in [0.2, 0.25) is 0 Å². The van der Waals surface area contributed by atoms with E-state index in [0.717, 1.165) is 72.6 Å². The van der Waals surface area contributed by atoms with Crippen molar-refractivity contribution in [3.8, 4) is 73.6 Å². The maximum atomic E-state index is 9.50. The average molecular weight is 714 g/mol. The molecule has 0 amide bonds. The molecule has 0 unspecified atom stereocenters. The number of ether oxygens (including phenoxy) is 1. The molecule has 1 aliphatic heterocycles. The molecule has 260 valence electrons. The van der Waals surface area contributed by atoms with Crippen LogP contribution in [0.1, 0.15) is 27.8 Å². The van der Waals surface area contributed by atoms with E-state index in [-0.39, 0.29) is 0 Å². The van der Waals surface area contributed by atoms with Crippen LogP contribution in [0.25, 0.3) is 66.9 Å². The second-order valence-corrected chi connectivity index (χ2v) is 14.4. The Kier molecular flexibility index (Phi) is 7.10. The highest BCUT2D eigenvalue weighted by atomic mass is 16.5. The molecule has 0 fully saturated rings. The molecule has 0 atom stereocenters. The standard InChI is InChI=1S/C52H31N3O/c53-32-33-11-9-12-36(29-33)37-13-10-14-39(30-37)50-42-17-3-7-21-47(42)54-51(55-50)35-25-23-34(24-26-35)38-27-28-49-46(31-38)52(45-20-6-8-22-48(45)56-49)43-18-4-1-15-40(43)41-16-2-5-19-44(41)52/h1-31H. The molecule has 9 aromatic rings. The predicted molar refractivity (Wildman–Crippen MR) is 223 cm³/mol. The van der Waals surface area contributed by atoms with Gasteiger partial charge in [-0.05, 0) is 87.0 Å². The van der Waals surface area contributed by atoms with E-state index in [1.54, 1.807) is 0 Å². The quantitative estimate of drug-likeness (QED) is 0.182. The van der Waals surface area contributed by atoms with E-state index >= 15 is 0 Å². The Labute approximate surface area is 324 Å². The zero-order valence-corrected chi connectivity index (χ0v) is 30.1. The zero-order chi connectivity index (χ0) is 37.2. The molecule has 56 heavy (non-hydrogen) atoms. The minimum atomic E-state index is -0.515. The number of hydrogen-bond donors (Lipinski definition) is 0. The molecule has 2 aliphatic rings. The first kappa shape index (κ1) is 31.9. The lowest BCUT2D eigenvalue weighted by Crippen LogP contribution is -2.32. The van der Waals surface area contributed by atoms with Crippen LogP contribution < -0.4 is 4.74 Å². The molecule has 0 N–H and O–H groups in total. The van der Waals surface area contributed by atoms with Gasteiger partial charge in [0.1, 0.15) is 11.5 Å². The summed E-state index contributed by atoms with van der Waals surface area (Å²) in [5.41, 5.74) is 15.4. The highest BCUT2D eigenvalue weighted by Gasteiger charge is 2.51. The van der Waals surface area contributed by atoms with Crippen LogP contribution in [-0.4, -0.2) is 9.97 Å². The Morgan fingerprint density at radius 3 is 1.80 bits per heavy atom. The fourth-order valence-electron chi connectivity index (χ4n) is 8.89. The Hall–Kier alpha value is -7.61. The predicted octanol–water partition coefficient (Wildman–Crippen LogP) is 12.6. The molecule has 0 saturated heterocycles. The molecular formula is C52H31N3O. The van der Waals surface area contributed by atoms with Crippen molar-refractivity contribution >= 4 is 10.9 Å². The van der Waals surface area contributed by atoms with Crippen molar-refractivity contribution in [1.82, 2.24) is 9.97 Å². The van der Waals surface area contributed by atoms with E-state index in [0.29, 0.717) is 11.4 Å². The second kappa shape index (κ2) is 12.5. The molecule has 2 heterocycles. The van der Waals surface area contributed by atoms with E-state index in [2.05, 4.69) is 146 Å². The summed E-state index contributed by atoms with van der Waals surface area (Å²) in [5.74, 6) is 2.42. The van der Waals surface area contributed by atoms with Crippen molar-refractivity contribution in [2.24, 2.45) is 0 Å². The lowest BCUT2D eigenvalue weighted by Gasteiger charge is -2.39. The average Bonchev–Trinajstić information content (AvgIpc) is 3.56. The molecule has 8 aromatic carbocycles. The summed E-state index contributed by atoms with van der Waals surface area (Å²) in [7, 11) is 0. The summed E-state index contributed by atoms with van der Waals surface area (Å²) in [6.45, 7) is 0. The minimum Gasteiger partial charge on any atom is -0.457 e. The summed E-state index contributed by atoms with van der Waals surface area (Å²) in [5, 5.41) is 10.5. The van der Waals surface area contributed by atoms with Gasteiger partial charge in [0.25, 0.3) is 0 Å². The van der Waals surface area contributed by atoms with Crippen LogP contribution in [0.5, 0.6) is 11.5 Å². The smallest absolute Gasteiger partial charge is 0.160 e. The van der Waals surface area contributed by atoms with Gasteiger partial charge in [0, 0.05) is 27.6 Å². The highest BCUT2D eigenvalue weighted by molar-refractivity contribution is 5.95. The largest absolute Gasteiger partial charge is 0.457 e. The molecule has 1 aliphatic carbocycles. The van der Waals surface area contributed by atoms with Gasteiger partial charge in [-0.1, -0.05) is 146 Å². The number of fused-ring (bicyclic) bond motifs is 10. The molecule has 1 spiro atoms. The lowest BCUT2D eigenvalue weighted by molar-refractivity contribution is 0.436. The number of aromatic nitrogens is 2. The van der Waals surface area contributed by atoms with Crippen LogP contribution in [0.2, 0.25) is 0 Å². The Bertz CT molecular complexity index is 3040. The highest BCUT2D eigenvalue weighted by Crippen LogP contribution is 2.62. The maximum absolute atomic E-state index is 9.50. The Morgan fingerprint density at radius 2 is 1.02 bits per heavy atom. The van der Waals surface area contributed by atoms with Crippen molar-refractivity contribution < 1.29 is 4.74 Å². The van der Waals surface area contributed by atoms with Crippen LogP contribution in [-0.2, 0) is 5.41 Å². The summed E-state index contributed by atoms with van der Waals surface area (Å²) >= 11 is 0. The van der Waals surface area contributed by atoms with Crippen molar-refractivity contribution in [3.05, 3.63) is 216 Å². The number of benzene rings is 8. The van der Waals surface area contributed by atoms with E-state index in [1.807, 2.05) is 48.5 Å². The maximum Gasteiger partial charge on any atom is 0.160 e. The summed E-state index contributed by atoms with van der Waals surface area (Å²) < 4.78 is 6.66. The zero-order valence-electron chi connectivity index (χ0n) is 30.1. The summed E-state index contributed by atoms with van der Waals surface area (Å²) in [4.78, 5) is 10.2. The van der Waals surface area contributed by atoms with Crippen LogP contribution in [0.3, 0.4) is 0 Å². The van der Waals surface area contributed by atoms with E-state index < -0.39 is 5.41 Å². The molecule has 11 rings (SSSR count). The first-order chi connectivity index (χ1) is 27.7. The fraction of sp³-hybridized carbons (Fsp3) is 0.0192. The van der Waals surface area contributed by atoms with Gasteiger partial charge in [-0.2, -0.15) is 5.26 Å². The molecule has 1 aromatic heterocycles. The summed E-state index contributed by atoms with van der Waals surface area (Å²) in [6, 6.07) is 67.7. The van der Waals surface area contributed by atoms with Crippen molar-refractivity contribution in [3.63, 3.8) is 0 Å². The van der Waals surface area contributed by atoms with Gasteiger partial charge in [-0.3, -0.25) is 0 Å². The van der Waals surface area contributed by atoms with Gasteiger partial charge in [0.15, 0.2) is 5.82 Å². The van der Waals surface area contributed by atoms with Crippen LogP contribution >= 0.6 is 0 Å². The number of nitrogens with zero attached hydrogens (tertiary/aromatic N) is 3. The molecule has 4 nitrogen and oxygen atoms in total. The van der Waals surface area contributed by atoms with Crippen molar-refractivity contribution in [2.45, 2.75) is 5.41 Å². The number of para-hydroxylation sites is 2. The van der Waals surface area contributed by atoms with Gasteiger partial charge in [-0.15, -0.1) is 0 Å². The third kappa shape index (κ3) is 4.78. The van der Waals surface area contributed by atoms with Gasteiger partial charge < -0.3 is 4.74 Å². The Balaban J connectivity index is 1.01. The second-order valence-electron chi connectivity index (χ2n) is 14.4. The topological polar surface area (TPSA) is 58.8 Å². The molecule has 0 bridgehead atoms. The van der Waals surface area contributed by atoms with Crippen molar-refractivity contribution in [2.75, 3.05) is 0 Å². The van der Waals surface area contributed by atoms with Crippen LogP contribution in [0, 0.1) is 11.3 Å². The molecule has 4 heteroatoms. The van der Waals surface area contributed by atoms with E-state index in [1.165, 1.54) is 22.3 Å². The summed E-state index contributed by atoms with van der Waals surface area (Å²) in [6.07, 6.45) is 0. The monoisotopic (exact) mass is 713 g/mol. The van der Waals surface area contributed by atoms with E-state index in [9.17, 15) is 5.26 Å². The molecule has 0 saturated carbocycles. The number of nitriles is 1. The van der Waals surface area contributed by atoms with Gasteiger partial charge >= 0.3 is 0 Å². The van der Waals surface area contributed by atoms with Gasteiger partial charge in [0.05, 0.1) is 28.3 Å². The first-order valence-electron chi connectivity index (χ1n) is 18.8. The minimum absolute atomic E-state index is 0.515. The normalized spacial score (nSPS) is 12.9. The fourth-order valence-corrected chi connectivity index (χ4v) is 8.89. The third-order valence-electron chi connectivity index (χ3n) is 11.4. The van der Waals surface area contributed by atoms with Gasteiger partial charge in [-0.25, -0.2) is 9.97 Å². The number of hydrogen-bond acceptors (Lipinski definition) is 4. The SMILES string of the molecule is N#Cc1cccc(-c2cccc(-c3nc(-c4ccc(-c5ccc6c(c5)C5(c7ccccc7O6)c6ccccc6-c6ccccc65)cc4)nc4ccccc34)c2)c1. The van der Waals surface area contributed by atoms with Crippen molar-refractivity contribution in [1.29, 1.82) is 5.26 Å². The number of rotatable bonds is 4. The molecular weight excluding hydrogens is 683 g/mol. The van der Waals surface area contributed by atoms with E-state index in [4.69, 9.17) is 14.7 Å². The van der Waals surface area contributed by atoms with Crippen LogP contribution in [0.4, 0.5) is 0 Å². The lowest BCUT2D eigenvalue weighted by atomic mass is 9.66. The molecule has 0 radical (unpaired) electrons. The third-order valence-corrected chi connectivity index (χ3v) is 11.4.